The Morgan fingerprint density at radius 3 is 2.76 bits per heavy atom. The van der Waals surface area contributed by atoms with Crippen molar-refractivity contribution in [2.45, 2.75) is 32.7 Å². The second kappa shape index (κ2) is 7.70. The summed E-state index contributed by atoms with van der Waals surface area (Å²) in [6.07, 6.45) is 5.55. The molecule has 1 aliphatic rings. The number of piperidine rings is 1. The van der Waals surface area contributed by atoms with E-state index in [1.54, 1.807) is 6.20 Å². The molecule has 3 heterocycles. The Morgan fingerprint density at radius 1 is 1.32 bits per heavy atom. The fourth-order valence-corrected chi connectivity index (χ4v) is 3.30. The van der Waals surface area contributed by atoms with Crippen LogP contribution in [0, 0.1) is 5.92 Å². The average Bonchev–Trinajstić information content (AvgIpc) is 3.12. The van der Waals surface area contributed by atoms with Gasteiger partial charge in [0.2, 0.25) is 0 Å². The highest BCUT2D eigenvalue weighted by molar-refractivity contribution is 6.04. The van der Waals surface area contributed by atoms with Crippen LogP contribution in [0.15, 0.2) is 36.7 Å². The zero-order chi connectivity index (χ0) is 17.8. The minimum atomic E-state index is -0.127. The molecule has 0 bridgehead atoms. The van der Waals surface area contributed by atoms with E-state index in [1.807, 2.05) is 35.0 Å². The zero-order valence-corrected chi connectivity index (χ0v) is 14.9. The quantitative estimate of drug-likeness (QED) is 0.876. The van der Waals surface area contributed by atoms with Crippen LogP contribution in [0.3, 0.4) is 0 Å². The predicted molar refractivity (Wildman–Crippen MR) is 99.0 cm³/mol. The Morgan fingerprint density at radius 2 is 2.08 bits per heavy atom. The van der Waals surface area contributed by atoms with Gasteiger partial charge in [0.1, 0.15) is 5.69 Å². The Balaban J connectivity index is 1.77. The Hall–Kier alpha value is -2.34. The SMILES string of the molecule is CC(C)n1cccc1C(=O)Nc1cccnc1N1CCC(CO)CC1. The molecule has 6 heteroatoms. The predicted octanol–water partition coefficient (Wildman–Crippen LogP) is 2.93. The van der Waals surface area contributed by atoms with E-state index in [-0.39, 0.29) is 18.6 Å². The molecule has 2 aromatic rings. The Labute approximate surface area is 148 Å². The van der Waals surface area contributed by atoms with Crippen LogP contribution in [-0.4, -0.2) is 40.3 Å². The lowest BCUT2D eigenvalue weighted by Crippen LogP contribution is -2.36. The van der Waals surface area contributed by atoms with Crippen molar-refractivity contribution in [2.24, 2.45) is 5.92 Å². The van der Waals surface area contributed by atoms with Gasteiger partial charge in [-0.15, -0.1) is 0 Å². The number of carbonyl (C=O) groups excluding carboxylic acids is 1. The summed E-state index contributed by atoms with van der Waals surface area (Å²) in [5.74, 6) is 1.04. The summed E-state index contributed by atoms with van der Waals surface area (Å²) >= 11 is 0. The highest BCUT2D eigenvalue weighted by Gasteiger charge is 2.22. The average molecular weight is 342 g/mol. The van der Waals surface area contributed by atoms with Gasteiger partial charge in [0.15, 0.2) is 5.82 Å². The summed E-state index contributed by atoms with van der Waals surface area (Å²) in [7, 11) is 0. The minimum Gasteiger partial charge on any atom is -0.396 e. The normalized spacial score (nSPS) is 15.6. The van der Waals surface area contributed by atoms with Gasteiger partial charge in [0, 0.05) is 38.1 Å². The molecular weight excluding hydrogens is 316 g/mol. The first-order valence-corrected chi connectivity index (χ1v) is 8.89. The number of anilines is 2. The van der Waals surface area contributed by atoms with E-state index in [1.165, 1.54) is 0 Å². The topological polar surface area (TPSA) is 70.4 Å². The van der Waals surface area contributed by atoms with Crippen molar-refractivity contribution in [3.8, 4) is 0 Å². The molecule has 1 aliphatic heterocycles. The van der Waals surface area contributed by atoms with Crippen LogP contribution in [0.5, 0.6) is 0 Å². The minimum absolute atomic E-state index is 0.127. The molecule has 6 nitrogen and oxygen atoms in total. The number of carbonyl (C=O) groups is 1. The van der Waals surface area contributed by atoms with Crippen molar-refractivity contribution in [1.29, 1.82) is 0 Å². The van der Waals surface area contributed by atoms with Gasteiger partial charge >= 0.3 is 0 Å². The third kappa shape index (κ3) is 3.85. The molecule has 0 unspecified atom stereocenters. The third-order valence-electron chi connectivity index (χ3n) is 4.78. The number of aliphatic hydroxyl groups is 1. The van der Waals surface area contributed by atoms with E-state index in [0.717, 1.165) is 37.4 Å². The second-order valence-corrected chi connectivity index (χ2v) is 6.84. The van der Waals surface area contributed by atoms with Gasteiger partial charge in [-0.3, -0.25) is 4.79 Å². The lowest BCUT2D eigenvalue weighted by atomic mass is 9.98. The molecule has 0 atom stereocenters. The van der Waals surface area contributed by atoms with Crippen LogP contribution in [0.1, 0.15) is 43.2 Å². The number of nitrogens with one attached hydrogen (secondary N) is 1. The van der Waals surface area contributed by atoms with Crippen molar-refractivity contribution >= 4 is 17.4 Å². The number of amides is 1. The molecule has 0 saturated carbocycles. The number of aromatic nitrogens is 2. The number of aliphatic hydroxyl groups excluding tert-OH is 1. The molecule has 2 aromatic heterocycles. The largest absolute Gasteiger partial charge is 0.396 e. The van der Waals surface area contributed by atoms with Crippen LogP contribution < -0.4 is 10.2 Å². The van der Waals surface area contributed by atoms with E-state index in [9.17, 15) is 9.90 Å². The molecule has 1 amide bonds. The van der Waals surface area contributed by atoms with Crippen LogP contribution in [0.2, 0.25) is 0 Å². The zero-order valence-electron chi connectivity index (χ0n) is 14.9. The number of pyridine rings is 1. The summed E-state index contributed by atoms with van der Waals surface area (Å²) in [6, 6.07) is 7.67. The molecule has 2 N–H and O–H groups in total. The molecule has 3 rings (SSSR count). The molecule has 0 radical (unpaired) electrons. The van der Waals surface area contributed by atoms with Gasteiger partial charge in [-0.1, -0.05) is 0 Å². The number of nitrogens with zero attached hydrogens (tertiary/aromatic N) is 3. The maximum absolute atomic E-state index is 12.7. The van der Waals surface area contributed by atoms with Crippen molar-refractivity contribution in [2.75, 3.05) is 29.9 Å². The molecular formula is C19H26N4O2. The Kier molecular flexibility index (Phi) is 5.38. The van der Waals surface area contributed by atoms with Gasteiger partial charge < -0.3 is 19.9 Å². The van der Waals surface area contributed by atoms with Gasteiger partial charge in [-0.05, 0) is 56.9 Å². The van der Waals surface area contributed by atoms with Gasteiger partial charge in [-0.2, -0.15) is 0 Å². The lowest BCUT2D eigenvalue weighted by molar-refractivity contribution is 0.101. The van der Waals surface area contributed by atoms with Crippen LogP contribution in [0.25, 0.3) is 0 Å². The van der Waals surface area contributed by atoms with Gasteiger partial charge in [-0.25, -0.2) is 4.98 Å². The summed E-state index contributed by atoms with van der Waals surface area (Å²) in [4.78, 5) is 19.4. The first-order chi connectivity index (χ1) is 12.1. The van der Waals surface area contributed by atoms with Gasteiger partial charge in [0.05, 0.1) is 5.69 Å². The molecule has 0 spiro atoms. The lowest BCUT2D eigenvalue weighted by Gasteiger charge is -2.33. The van der Waals surface area contributed by atoms with Crippen LogP contribution in [-0.2, 0) is 0 Å². The second-order valence-electron chi connectivity index (χ2n) is 6.84. The van der Waals surface area contributed by atoms with Crippen molar-refractivity contribution in [1.82, 2.24) is 9.55 Å². The maximum Gasteiger partial charge on any atom is 0.272 e. The standard InChI is InChI=1S/C19H26N4O2/c1-14(2)23-10-4-6-17(23)19(25)21-16-5-3-9-20-18(16)22-11-7-15(13-24)8-12-22/h3-6,9-10,14-15,24H,7-8,11-13H2,1-2H3,(H,21,25). The molecule has 0 aliphatic carbocycles. The summed E-state index contributed by atoms with van der Waals surface area (Å²) in [6.45, 7) is 6.03. The number of hydrogen-bond acceptors (Lipinski definition) is 4. The smallest absolute Gasteiger partial charge is 0.272 e. The molecule has 1 saturated heterocycles. The van der Waals surface area contributed by atoms with E-state index < -0.39 is 0 Å². The highest BCUT2D eigenvalue weighted by Crippen LogP contribution is 2.28. The summed E-state index contributed by atoms with van der Waals surface area (Å²) < 4.78 is 1.96. The van der Waals surface area contributed by atoms with Crippen LogP contribution in [0.4, 0.5) is 11.5 Å². The Bertz CT molecular complexity index is 718. The van der Waals surface area contributed by atoms with Crippen molar-refractivity contribution in [3.63, 3.8) is 0 Å². The van der Waals surface area contributed by atoms with E-state index in [4.69, 9.17) is 0 Å². The fraction of sp³-hybridized carbons (Fsp3) is 0.474. The molecule has 134 valence electrons. The maximum atomic E-state index is 12.7. The number of rotatable bonds is 5. The summed E-state index contributed by atoms with van der Waals surface area (Å²) in [5.41, 5.74) is 1.37. The molecule has 0 aromatic carbocycles. The van der Waals surface area contributed by atoms with Gasteiger partial charge in [0.25, 0.3) is 5.91 Å². The van der Waals surface area contributed by atoms with Crippen LogP contribution >= 0.6 is 0 Å². The van der Waals surface area contributed by atoms with Crippen molar-refractivity contribution < 1.29 is 9.90 Å². The third-order valence-corrected chi connectivity index (χ3v) is 4.78. The van der Waals surface area contributed by atoms with E-state index in [0.29, 0.717) is 11.6 Å². The first-order valence-electron chi connectivity index (χ1n) is 8.89. The van der Waals surface area contributed by atoms with E-state index in [2.05, 4.69) is 29.0 Å². The summed E-state index contributed by atoms with van der Waals surface area (Å²) in [5, 5.41) is 12.3. The molecule has 25 heavy (non-hydrogen) atoms. The number of hydrogen-bond donors (Lipinski definition) is 2. The monoisotopic (exact) mass is 342 g/mol. The molecule has 1 fully saturated rings. The van der Waals surface area contributed by atoms with E-state index >= 15 is 0 Å². The highest BCUT2D eigenvalue weighted by atomic mass is 16.3. The van der Waals surface area contributed by atoms with Crippen molar-refractivity contribution in [3.05, 3.63) is 42.4 Å². The fourth-order valence-electron chi connectivity index (χ4n) is 3.30. The first kappa shape index (κ1) is 17.5.